The molecular weight excluding hydrogens is 358 g/mol. The summed E-state index contributed by atoms with van der Waals surface area (Å²) in [6.07, 6.45) is -1.84. The topological polar surface area (TPSA) is 143 Å². The fourth-order valence-corrected chi connectivity index (χ4v) is 1.77. The number of carbonyl (C=O) groups excluding carboxylic acids is 3. The van der Waals surface area contributed by atoms with E-state index >= 15 is 0 Å². The molecule has 0 aliphatic heterocycles. The van der Waals surface area contributed by atoms with E-state index in [1.165, 1.54) is 0 Å². The maximum Gasteiger partial charge on any atom is 0.408 e. The highest BCUT2D eigenvalue weighted by Gasteiger charge is 2.25. The minimum atomic E-state index is -1.09. The summed E-state index contributed by atoms with van der Waals surface area (Å²) in [4.78, 5) is 46.3. The van der Waals surface area contributed by atoms with Crippen LogP contribution in [-0.2, 0) is 19.1 Å². The molecule has 10 heteroatoms. The van der Waals surface area contributed by atoms with E-state index in [1.807, 2.05) is 0 Å². The van der Waals surface area contributed by atoms with Crippen LogP contribution in [0.15, 0.2) is 0 Å². The van der Waals surface area contributed by atoms with Crippen molar-refractivity contribution in [2.45, 2.75) is 71.6 Å². The van der Waals surface area contributed by atoms with Crippen molar-refractivity contribution in [1.82, 2.24) is 16.0 Å². The molecular formula is C17H31N3O7. The van der Waals surface area contributed by atoms with Crippen molar-refractivity contribution in [2.24, 2.45) is 0 Å². The summed E-state index contributed by atoms with van der Waals surface area (Å²) in [5.41, 5.74) is -1.39. The standard InChI is InChI=1S/C17H31N3O7/c1-16(2,3)26-14(24)19-10-9-18-13(23)11(7-8-12(21)22)20-15(25)27-17(4,5)6/h11H,7-10H2,1-6H3,(H,18,23)(H,19,24)(H,20,25)(H,21,22). The van der Waals surface area contributed by atoms with Gasteiger partial charge < -0.3 is 30.5 Å². The Hall–Kier alpha value is -2.52. The number of aliphatic carboxylic acids is 1. The molecule has 0 aromatic carbocycles. The van der Waals surface area contributed by atoms with Crippen LogP contribution in [0.1, 0.15) is 54.4 Å². The molecule has 0 aliphatic rings. The zero-order chi connectivity index (χ0) is 21.3. The maximum atomic E-state index is 12.2. The van der Waals surface area contributed by atoms with E-state index in [0.29, 0.717) is 0 Å². The van der Waals surface area contributed by atoms with Crippen LogP contribution < -0.4 is 16.0 Å². The van der Waals surface area contributed by atoms with Gasteiger partial charge in [-0.1, -0.05) is 0 Å². The fourth-order valence-electron chi connectivity index (χ4n) is 1.77. The molecule has 10 nitrogen and oxygen atoms in total. The van der Waals surface area contributed by atoms with Crippen LogP contribution in [-0.4, -0.2) is 59.5 Å². The Morgan fingerprint density at radius 3 is 1.81 bits per heavy atom. The first-order valence-electron chi connectivity index (χ1n) is 8.65. The van der Waals surface area contributed by atoms with E-state index in [1.54, 1.807) is 41.5 Å². The Morgan fingerprint density at radius 2 is 1.33 bits per heavy atom. The number of hydrogen-bond acceptors (Lipinski definition) is 6. The summed E-state index contributed by atoms with van der Waals surface area (Å²) in [5, 5.41) is 16.2. The van der Waals surface area contributed by atoms with Crippen molar-refractivity contribution >= 4 is 24.1 Å². The predicted octanol–water partition coefficient (Wildman–Crippen LogP) is 1.39. The summed E-state index contributed by atoms with van der Waals surface area (Å²) in [7, 11) is 0. The summed E-state index contributed by atoms with van der Waals surface area (Å²) in [6, 6.07) is -1.07. The number of rotatable bonds is 8. The van der Waals surface area contributed by atoms with Gasteiger partial charge in [-0.15, -0.1) is 0 Å². The van der Waals surface area contributed by atoms with E-state index in [4.69, 9.17) is 14.6 Å². The maximum absolute atomic E-state index is 12.2. The van der Waals surface area contributed by atoms with E-state index in [2.05, 4.69) is 16.0 Å². The van der Waals surface area contributed by atoms with Gasteiger partial charge in [0, 0.05) is 19.5 Å². The van der Waals surface area contributed by atoms with Gasteiger partial charge >= 0.3 is 18.2 Å². The second-order valence-electron chi connectivity index (χ2n) is 7.85. The molecule has 0 aromatic rings. The third-order valence-corrected chi connectivity index (χ3v) is 2.75. The van der Waals surface area contributed by atoms with Crippen LogP contribution in [0.2, 0.25) is 0 Å². The second-order valence-corrected chi connectivity index (χ2v) is 7.85. The fraction of sp³-hybridized carbons (Fsp3) is 0.765. The van der Waals surface area contributed by atoms with Gasteiger partial charge in [0.15, 0.2) is 0 Å². The summed E-state index contributed by atoms with van der Waals surface area (Å²) < 4.78 is 10.1. The number of hydrogen-bond donors (Lipinski definition) is 4. The molecule has 0 saturated carbocycles. The number of nitrogens with one attached hydrogen (secondary N) is 3. The highest BCUT2D eigenvalue weighted by atomic mass is 16.6. The molecule has 3 amide bonds. The number of carbonyl (C=O) groups is 4. The van der Waals surface area contributed by atoms with Crippen molar-refractivity contribution in [1.29, 1.82) is 0 Å². The third-order valence-electron chi connectivity index (χ3n) is 2.75. The van der Waals surface area contributed by atoms with Crippen molar-refractivity contribution in [2.75, 3.05) is 13.1 Å². The van der Waals surface area contributed by atoms with Gasteiger partial charge in [-0.05, 0) is 48.0 Å². The number of carboxylic acid groups (broad SMARTS) is 1. The molecule has 0 bridgehead atoms. The van der Waals surface area contributed by atoms with Gasteiger partial charge in [0.25, 0.3) is 0 Å². The summed E-state index contributed by atoms with van der Waals surface area (Å²) >= 11 is 0. The van der Waals surface area contributed by atoms with Crippen LogP contribution in [0.5, 0.6) is 0 Å². The lowest BCUT2D eigenvalue weighted by atomic mass is 10.1. The molecule has 156 valence electrons. The highest BCUT2D eigenvalue weighted by Crippen LogP contribution is 2.08. The van der Waals surface area contributed by atoms with Crippen LogP contribution in [0.3, 0.4) is 0 Å². The lowest BCUT2D eigenvalue weighted by Crippen LogP contribution is -2.49. The van der Waals surface area contributed by atoms with E-state index in [-0.39, 0.29) is 25.9 Å². The molecule has 4 N–H and O–H groups in total. The lowest BCUT2D eigenvalue weighted by molar-refractivity contribution is -0.137. The SMILES string of the molecule is CC(C)(C)OC(=O)NCCNC(=O)C(CCC(=O)O)NC(=O)OC(C)(C)C. The Morgan fingerprint density at radius 1 is 0.852 bits per heavy atom. The second kappa shape index (κ2) is 10.6. The molecule has 1 atom stereocenters. The normalized spacial score (nSPS) is 12.5. The molecule has 0 spiro atoms. The first-order valence-corrected chi connectivity index (χ1v) is 8.65. The zero-order valence-electron chi connectivity index (χ0n) is 16.8. The molecule has 0 heterocycles. The van der Waals surface area contributed by atoms with Crippen molar-refractivity contribution < 1.29 is 33.8 Å². The minimum Gasteiger partial charge on any atom is -0.481 e. The molecule has 0 aliphatic carbocycles. The van der Waals surface area contributed by atoms with Crippen molar-refractivity contribution in [3.05, 3.63) is 0 Å². The number of carboxylic acids is 1. The average molecular weight is 389 g/mol. The number of ether oxygens (including phenoxy) is 2. The first kappa shape index (κ1) is 24.5. The van der Waals surface area contributed by atoms with E-state index < -0.39 is 41.3 Å². The van der Waals surface area contributed by atoms with Crippen LogP contribution in [0, 0.1) is 0 Å². The summed E-state index contributed by atoms with van der Waals surface area (Å²) in [6.45, 7) is 10.4. The molecule has 0 radical (unpaired) electrons. The molecule has 0 saturated heterocycles. The van der Waals surface area contributed by atoms with Gasteiger partial charge in [0.1, 0.15) is 17.2 Å². The number of amides is 3. The molecule has 0 rings (SSSR count). The van der Waals surface area contributed by atoms with Gasteiger partial charge in [-0.3, -0.25) is 9.59 Å². The van der Waals surface area contributed by atoms with Crippen LogP contribution >= 0.6 is 0 Å². The molecule has 27 heavy (non-hydrogen) atoms. The number of alkyl carbamates (subject to hydrolysis) is 2. The Bertz CT molecular complexity index is 536. The largest absolute Gasteiger partial charge is 0.481 e. The lowest BCUT2D eigenvalue weighted by Gasteiger charge is -2.23. The van der Waals surface area contributed by atoms with E-state index in [9.17, 15) is 19.2 Å². The quantitative estimate of drug-likeness (QED) is 0.459. The highest BCUT2D eigenvalue weighted by molar-refractivity contribution is 5.86. The minimum absolute atomic E-state index is 0.0810. The molecule has 0 aromatic heterocycles. The Kier molecular flexibility index (Phi) is 9.60. The zero-order valence-corrected chi connectivity index (χ0v) is 16.8. The van der Waals surface area contributed by atoms with E-state index in [0.717, 1.165) is 0 Å². The van der Waals surface area contributed by atoms with Gasteiger partial charge in [-0.25, -0.2) is 9.59 Å². The van der Waals surface area contributed by atoms with Gasteiger partial charge in [-0.2, -0.15) is 0 Å². The predicted molar refractivity (Wildman–Crippen MR) is 97.3 cm³/mol. The molecule has 0 fully saturated rings. The average Bonchev–Trinajstić information content (AvgIpc) is 2.43. The van der Waals surface area contributed by atoms with Crippen LogP contribution in [0.25, 0.3) is 0 Å². The van der Waals surface area contributed by atoms with Crippen LogP contribution in [0.4, 0.5) is 9.59 Å². The van der Waals surface area contributed by atoms with Gasteiger partial charge in [0.05, 0.1) is 0 Å². The third kappa shape index (κ3) is 14.3. The smallest absolute Gasteiger partial charge is 0.408 e. The molecule has 1 unspecified atom stereocenters. The monoisotopic (exact) mass is 389 g/mol. The first-order chi connectivity index (χ1) is 12.2. The van der Waals surface area contributed by atoms with Crippen molar-refractivity contribution in [3.63, 3.8) is 0 Å². The van der Waals surface area contributed by atoms with Crippen molar-refractivity contribution in [3.8, 4) is 0 Å². The summed E-state index contributed by atoms with van der Waals surface area (Å²) in [5.74, 6) is -1.67. The van der Waals surface area contributed by atoms with Gasteiger partial charge in [0.2, 0.25) is 5.91 Å². The Labute approximate surface area is 159 Å². The Balaban J connectivity index is 4.51.